The predicted molar refractivity (Wildman–Crippen MR) is 207 cm³/mol. The zero-order valence-corrected chi connectivity index (χ0v) is 32.2. The van der Waals surface area contributed by atoms with Gasteiger partial charge in [0.05, 0.1) is 19.2 Å². The van der Waals surface area contributed by atoms with E-state index in [4.69, 9.17) is 20.4 Å². The molecule has 0 bridgehead atoms. The van der Waals surface area contributed by atoms with E-state index in [1.807, 2.05) is 37.9 Å². The van der Waals surface area contributed by atoms with Crippen molar-refractivity contribution in [1.82, 2.24) is 29.7 Å². The molecule has 0 aliphatic carbocycles. The molecule has 1 aromatic carbocycles. The predicted octanol–water partition coefficient (Wildman–Crippen LogP) is 6.16. The molecule has 286 valence electrons. The summed E-state index contributed by atoms with van der Waals surface area (Å²) in [6.07, 6.45) is 9.71. The van der Waals surface area contributed by atoms with Crippen molar-refractivity contribution in [3.05, 3.63) is 41.6 Å². The van der Waals surface area contributed by atoms with Gasteiger partial charge in [0.1, 0.15) is 11.3 Å². The molecule has 1 saturated heterocycles. The zero-order chi connectivity index (χ0) is 38.0. The molecule has 13 heteroatoms. The number of hydrogen-bond donors (Lipinski definition) is 4. The highest BCUT2D eigenvalue weighted by atomic mass is 16.5. The van der Waals surface area contributed by atoms with E-state index in [0.717, 1.165) is 80.0 Å². The van der Waals surface area contributed by atoms with Crippen LogP contribution in [-0.2, 0) is 27.5 Å². The van der Waals surface area contributed by atoms with Crippen LogP contribution < -0.4 is 21.1 Å². The molecule has 4 rings (SSSR count). The zero-order valence-electron chi connectivity index (χ0n) is 32.2. The van der Waals surface area contributed by atoms with Crippen molar-refractivity contribution >= 4 is 41.1 Å². The van der Waals surface area contributed by atoms with Gasteiger partial charge in [-0.25, -0.2) is 4.98 Å². The van der Waals surface area contributed by atoms with Crippen LogP contribution in [-0.4, -0.2) is 94.1 Å². The average molecular weight is 713 g/mol. The topological polar surface area (TPSA) is 168 Å². The van der Waals surface area contributed by atoms with E-state index in [-0.39, 0.29) is 24.2 Å². The van der Waals surface area contributed by atoms with Crippen LogP contribution in [0, 0.1) is 0 Å². The van der Waals surface area contributed by atoms with Crippen molar-refractivity contribution in [2.45, 2.75) is 106 Å². The van der Waals surface area contributed by atoms with Gasteiger partial charge in [-0.3, -0.25) is 19.3 Å². The first kappa shape index (κ1) is 44.6. The number of carbonyl (C=O) groups excluding carboxylic acids is 2. The molecule has 2 aromatic heterocycles. The van der Waals surface area contributed by atoms with Gasteiger partial charge in [0, 0.05) is 70.4 Å². The van der Waals surface area contributed by atoms with Crippen molar-refractivity contribution in [2.24, 2.45) is 0 Å². The van der Waals surface area contributed by atoms with Gasteiger partial charge >= 0.3 is 0 Å². The Morgan fingerprint density at radius 3 is 2.22 bits per heavy atom. The minimum atomic E-state index is -0.250. The summed E-state index contributed by atoms with van der Waals surface area (Å²) in [6.45, 7) is 17.9. The molecule has 3 heterocycles. The van der Waals surface area contributed by atoms with Gasteiger partial charge in [-0.1, -0.05) is 79.4 Å². The quantitative estimate of drug-likeness (QED) is 0.0998. The van der Waals surface area contributed by atoms with Crippen molar-refractivity contribution in [3.63, 3.8) is 0 Å². The van der Waals surface area contributed by atoms with Gasteiger partial charge in [0.15, 0.2) is 5.82 Å². The van der Waals surface area contributed by atoms with Gasteiger partial charge < -0.3 is 35.7 Å². The Morgan fingerprint density at radius 1 is 0.922 bits per heavy atom. The number of carbonyl (C=O) groups is 3. The summed E-state index contributed by atoms with van der Waals surface area (Å²) in [5, 5.41) is 13.2. The van der Waals surface area contributed by atoms with Gasteiger partial charge in [-0.15, -0.1) is 0 Å². The summed E-state index contributed by atoms with van der Waals surface area (Å²) in [5.41, 5.74) is 9.97. The lowest BCUT2D eigenvalue weighted by Crippen LogP contribution is -2.48. The third-order valence-corrected chi connectivity index (χ3v) is 8.16. The number of benzene rings is 1. The van der Waals surface area contributed by atoms with E-state index >= 15 is 0 Å². The van der Waals surface area contributed by atoms with E-state index in [9.17, 15) is 9.59 Å². The number of amides is 2. The summed E-state index contributed by atoms with van der Waals surface area (Å²) >= 11 is 0. The number of nitrogens with one attached hydrogen (secondary N) is 2. The molecule has 51 heavy (non-hydrogen) atoms. The molecule has 2 amide bonds. The van der Waals surface area contributed by atoms with Crippen LogP contribution in [0.2, 0.25) is 0 Å². The number of carboxylic acid groups (broad SMARTS) is 1. The molecule has 1 aliphatic rings. The fourth-order valence-corrected chi connectivity index (χ4v) is 5.36. The number of nitrogens with zero attached hydrogens (tertiary/aromatic N) is 5. The Bertz CT molecular complexity index is 1420. The normalized spacial score (nSPS) is 12.3. The molecule has 13 nitrogen and oxygen atoms in total. The number of ether oxygens (including phenoxy) is 1. The molecule has 3 aromatic rings. The third kappa shape index (κ3) is 16.0. The van der Waals surface area contributed by atoms with Crippen LogP contribution in [0.1, 0.15) is 104 Å². The molecule has 1 aliphatic heterocycles. The molecular weight excluding hydrogens is 648 g/mol. The lowest BCUT2D eigenvalue weighted by molar-refractivity contribution is -0.133. The van der Waals surface area contributed by atoms with E-state index in [2.05, 4.69) is 69.0 Å². The molecule has 1 fully saturated rings. The third-order valence-electron chi connectivity index (χ3n) is 8.16. The minimum absolute atomic E-state index is 0.0112. The highest BCUT2D eigenvalue weighted by Crippen LogP contribution is 2.27. The maximum atomic E-state index is 12.6. The number of nitrogens with two attached hydrogens (primary N) is 1. The van der Waals surface area contributed by atoms with Crippen LogP contribution in [0.3, 0.4) is 0 Å². The highest BCUT2D eigenvalue weighted by Gasteiger charge is 2.21. The monoisotopic (exact) mass is 712 g/mol. The van der Waals surface area contributed by atoms with Gasteiger partial charge in [0.25, 0.3) is 6.47 Å². The first-order valence-electron chi connectivity index (χ1n) is 18.6. The molecule has 0 unspecified atom stereocenters. The number of nitrogen functional groups attached to an aromatic ring is 1. The van der Waals surface area contributed by atoms with Crippen LogP contribution in [0.25, 0.3) is 11.0 Å². The van der Waals surface area contributed by atoms with E-state index in [1.165, 1.54) is 18.4 Å². The first-order chi connectivity index (χ1) is 24.7. The molecule has 0 saturated carbocycles. The second kappa shape index (κ2) is 26.4. The Kier molecular flexibility index (Phi) is 23.1. The van der Waals surface area contributed by atoms with Crippen LogP contribution in [0.15, 0.2) is 30.5 Å². The Balaban J connectivity index is 0.00000131. The summed E-state index contributed by atoms with van der Waals surface area (Å²) in [5.74, 6) is 1.97. The van der Waals surface area contributed by atoms with E-state index in [1.54, 1.807) is 7.11 Å². The van der Waals surface area contributed by atoms with Crippen LogP contribution in [0.4, 0.5) is 11.8 Å². The molecule has 0 atom stereocenters. The first-order valence-corrected chi connectivity index (χ1v) is 18.6. The maximum absolute atomic E-state index is 12.6. The van der Waals surface area contributed by atoms with Crippen LogP contribution in [0.5, 0.6) is 5.75 Å². The van der Waals surface area contributed by atoms with Gasteiger partial charge in [-0.05, 0) is 30.5 Å². The number of fused-ring (bicyclic) bond motifs is 1. The molecule has 0 spiro atoms. The number of aromatic nitrogens is 3. The second-order valence-corrected chi connectivity index (χ2v) is 12.0. The fourth-order valence-electron chi connectivity index (χ4n) is 5.36. The average Bonchev–Trinajstić information content (AvgIpc) is 3.54. The number of rotatable bonds is 16. The van der Waals surface area contributed by atoms with Crippen molar-refractivity contribution in [1.29, 1.82) is 0 Å². The van der Waals surface area contributed by atoms with Crippen molar-refractivity contribution in [3.8, 4) is 5.75 Å². The maximum Gasteiger partial charge on any atom is 0.290 e. The number of anilines is 2. The highest BCUT2D eigenvalue weighted by molar-refractivity contribution is 5.87. The summed E-state index contributed by atoms with van der Waals surface area (Å²) in [4.78, 5) is 45.8. The Morgan fingerprint density at radius 2 is 1.61 bits per heavy atom. The Hall–Kier alpha value is -4.39. The van der Waals surface area contributed by atoms with Crippen molar-refractivity contribution < 1.29 is 24.2 Å². The number of piperazine rings is 1. The Labute approximate surface area is 305 Å². The molecule has 0 radical (unpaired) electrons. The summed E-state index contributed by atoms with van der Waals surface area (Å²) in [7, 11) is 1.70. The van der Waals surface area contributed by atoms with Crippen LogP contribution >= 0.6 is 0 Å². The number of hydrogen-bond acceptors (Lipinski definition) is 9. The number of unbranched alkanes of at least 4 members (excludes halogenated alkanes) is 3. The summed E-state index contributed by atoms with van der Waals surface area (Å²) in [6, 6.07) is 8.35. The minimum Gasteiger partial charge on any atom is -0.496 e. The molecular formula is C38H64N8O5. The molecule has 5 N–H and O–H groups in total. The second-order valence-electron chi connectivity index (χ2n) is 12.0. The van der Waals surface area contributed by atoms with Gasteiger partial charge in [0.2, 0.25) is 17.8 Å². The largest absolute Gasteiger partial charge is 0.496 e. The lowest BCUT2D eigenvalue weighted by atomic mass is 10.1. The lowest BCUT2D eigenvalue weighted by Gasteiger charge is -2.35. The summed E-state index contributed by atoms with van der Waals surface area (Å²) < 4.78 is 7.95. The van der Waals surface area contributed by atoms with E-state index in [0.29, 0.717) is 39.0 Å². The standard InChI is InChI=1S/C31H46N8O3.C4H10.C2H6.CH2O2/c1-4-6-7-13-34-30-29-25(35-31(32)36-30)12-15-39(29)22-24-10-9-23(20-26(24)42-3)21-37-16-18-38(19-17-37)28(41)11-14-33-27(40)8-5-2;1-3-4-2;1-2;2-1-3/h9-10,12,15,20H,4-8,11,13-14,16-19,21-22H2,1-3H3,(H,33,40)(H3,32,34,35,36);3-4H2,1-2H3;1-2H3;1H,(H,2,3). The SMILES string of the molecule is CC.CCCC.CCCCCNc1nc(N)nc2ccn(Cc3ccc(CN4CCN(C(=O)CCNC(=O)CCC)CC4)cc3OC)c12.O=CO. The number of methoxy groups -OCH3 is 1. The van der Waals surface area contributed by atoms with Gasteiger partial charge in [-0.2, -0.15) is 4.98 Å². The smallest absolute Gasteiger partial charge is 0.290 e. The van der Waals surface area contributed by atoms with Crippen molar-refractivity contribution in [2.75, 3.05) is 57.4 Å². The van der Waals surface area contributed by atoms with E-state index < -0.39 is 0 Å². The fraction of sp³-hybridized carbons (Fsp3) is 0.605.